The van der Waals surface area contributed by atoms with E-state index in [4.69, 9.17) is 5.11 Å². The van der Waals surface area contributed by atoms with Crippen molar-refractivity contribution in [3.05, 3.63) is 34.1 Å². The minimum absolute atomic E-state index is 0.271. The monoisotopic (exact) mass is 275 g/mol. The number of rotatable bonds is 3. The maximum absolute atomic E-state index is 13.0. The Labute approximate surface area is 95.6 Å². The topological polar surface area (TPSA) is 40.5 Å². The van der Waals surface area contributed by atoms with Crippen LogP contribution in [0.2, 0.25) is 0 Å². The van der Waals surface area contributed by atoms with Gasteiger partial charge in [-0.1, -0.05) is 6.07 Å². The highest BCUT2D eigenvalue weighted by atomic mass is 79.9. The van der Waals surface area contributed by atoms with E-state index in [1.807, 2.05) is 0 Å². The summed E-state index contributed by atoms with van der Waals surface area (Å²) in [5.41, 5.74) is 0.542. The molecule has 0 aliphatic rings. The van der Waals surface area contributed by atoms with Gasteiger partial charge in [0.05, 0.1) is 4.47 Å². The first-order valence-electron chi connectivity index (χ1n) is 4.27. The number of halogens is 2. The van der Waals surface area contributed by atoms with Gasteiger partial charge in [-0.3, -0.25) is 9.69 Å². The van der Waals surface area contributed by atoms with Crippen molar-refractivity contribution in [3.8, 4) is 0 Å². The fraction of sp³-hybridized carbons (Fsp3) is 0.300. The van der Waals surface area contributed by atoms with Crippen LogP contribution in [0.5, 0.6) is 0 Å². The molecular formula is C10H11BrFNO2. The van der Waals surface area contributed by atoms with E-state index in [9.17, 15) is 9.18 Å². The van der Waals surface area contributed by atoms with E-state index in [-0.39, 0.29) is 4.47 Å². The number of aliphatic carboxylic acids is 1. The Bertz CT molecular complexity index is 382. The first-order valence-corrected chi connectivity index (χ1v) is 5.07. The number of carbonyl (C=O) groups is 1. The van der Waals surface area contributed by atoms with Gasteiger partial charge in [0.15, 0.2) is 0 Å². The number of carboxylic acid groups (broad SMARTS) is 1. The molecule has 0 aromatic heterocycles. The summed E-state index contributed by atoms with van der Waals surface area (Å²) in [4.78, 5) is 12.5. The fourth-order valence-electron chi connectivity index (χ4n) is 1.34. The lowest BCUT2D eigenvalue weighted by Crippen LogP contribution is -2.27. The molecule has 0 fully saturated rings. The van der Waals surface area contributed by atoms with Crippen molar-refractivity contribution in [1.29, 1.82) is 0 Å². The molecule has 0 saturated carbocycles. The average Bonchev–Trinajstić information content (AvgIpc) is 2.10. The van der Waals surface area contributed by atoms with Crippen LogP contribution in [0.4, 0.5) is 4.39 Å². The van der Waals surface area contributed by atoms with Gasteiger partial charge in [-0.15, -0.1) is 0 Å². The zero-order valence-corrected chi connectivity index (χ0v) is 9.95. The smallest absolute Gasteiger partial charge is 0.325 e. The average molecular weight is 276 g/mol. The molecular weight excluding hydrogens is 265 g/mol. The molecule has 0 aliphatic carbocycles. The Hall–Kier alpha value is -0.940. The Balaban J connectivity index is 3.12. The molecule has 1 atom stereocenters. The van der Waals surface area contributed by atoms with E-state index in [1.165, 1.54) is 18.2 Å². The molecule has 0 spiro atoms. The van der Waals surface area contributed by atoms with Gasteiger partial charge in [-0.25, -0.2) is 4.39 Å². The summed E-state index contributed by atoms with van der Waals surface area (Å²) in [6.07, 6.45) is 0. The maximum atomic E-state index is 13.0. The van der Waals surface area contributed by atoms with Crippen molar-refractivity contribution in [1.82, 2.24) is 4.90 Å². The first-order chi connectivity index (χ1) is 6.93. The van der Waals surface area contributed by atoms with Crippen molar-refractivity contribution >= 4 is 21.9 Å². The standard InChI is InChI=1S/C10H11BrFNO2/c1-13(2)9(10(14)15)6-3-4-8(12)7(11)5-6/h3-5,9H,1-2H3,(H,14,15). The highest BCUT2D eigenvalue weighted by molar-refractivity contribution is 9.10. The van der Waals surface area contributed by atoms with E-state index in [0.717, 1.165) is 0 Å². The Morgan fingerprint density at radius 2 is 2.13 bits per heavy atom. The Morgan fingerprint density at radius 1 is 1.53 bits per heavy atom. The molecule has 1 aromatic rings. The largest absolute Gasteiger partial charge is 0.480 e. The minimum Gasteiger partial charge on any atom is -0.480 e. The minimum atomic E-state index is -0.960. The molecule has 15 heavy (non-hydrogen) atoms. The van der Waals surface area contributed by atoms with E-state index in [1.54, 1.807) is 19.0 Å². The summed E-state index contributed by atoms with van der Waals surface area (Å²) in [6, 6.07) is 3.44. The van der Waals surface area contributed by atoms with Gasteiger partial charge in [-0.05, 0) is 47.7 Å². The lowest BCUT2D eigenvalue weighted by atomic mass is 10.1. The third-order valence-electron chi connectivity index (χ3n) is 2.01. The second-order valence-corrected chi connectivity index (χ2v) is 4.23. The lowest BCUT2D eigenvalue weighted by Gasteiger charge is -2.20. The van der Waals surface area contributed by atoms with Gasteiger partial charge in [-0.2, -0.15) is 0 Å². The molecule has 1 N–H and O–H groups in total. The number of likely N-dealkylation sites (N-methyl/N-ethyl adjacent to an activating group) is 1. The molecule has 5 heteroatoms. The second-order valence-electron chi connectivity index (χ2n) is 3.38. The second kappa shape index (κ2) is 4.72. The van der Waals surface area contributed by atoms with Crippen LogP contribution < -0.4 is 0 Å². The molecule has 0 radical (unpaired) electrons. The van der Waals surface area contributed by atoms with Gasteiger partial charge in [0.1, 0.15) is 11.9 Å². The molecule has 0 saturated heterocycles. The van der Waals surface area contributed by atoms with E-state index in [0.29, 0.717) is 5.56 Å². The summed E-state index contributed by atoms with van der Waals surface area (Å²) in [6.45, 7) is 0. The zero-order chi connectivity index (χ0) is 11.6. The van der Waals surface area contributed by atoms with Crippen molar-refractivity contribution in [2.45, 2.75) is 6.04 Å². The Kier molecular flexibility index (Phi) is 3.82. The molecule has 82 valence electrons. The maximum Gasteiger partial charge on any atom is 0.325 e. The number of benzene rings is 1. The van der Waals surface area contributed by atoms with Crippen molar-refractivity contribution in [2.75, 3.05) is 14.1 Å². The van der Waals surface area contributed by atoms with Crippen molar-refractivity contribution in [2.24, 2.45) is 0 Å². The molecule has 0 aliphatic heterocycles. The van der Waals surface area contributed by atoms with Crippen LogP contribution in [-0.2, 0) is 4.79 Å². The van der Waals surface area contributed by atoms with Crippen molar-refractivity contribution < 1.29 is 14.3 Å². The van der Waals surface area contributed by atoms with Gasteiger partial charge in [0.25, 0.3) is 0 Å². The van der Waals surface area contributed by atoms with Gasteiger partial charge >= 0.3 is 5.97 Å². The highest BCUT2D eigenvalue weighted by Gasteiger charge is 2.22. The molecule has 1 rings (SSSR count). The first kappa shape index (κ1) is 12.1. The predicted molar refractivity (Wildman–Crippen MR) is 58.2 cm³/mol. The van der Waals surface area contributed by atoms with Gasteiger partial charge in [0, 0.05) is 0 Å². The summed E-state index contributed by atoms with van der Waals surface area (Å²) >= 11 is 3.03. The highest BCUT2D eigenvalue weighted by Crippen LogP contribution is 2.24. The van der Waals surface area contributed by atoms with Crippen LogP contribution in [0, 0.1) is 5.82 Å². The molecule has 3 nitrogen and oxygen atoms in total. The quantitative estimate of drug-likeness (QED) is 0.920. The molecule has 0 bridgehead atoms. The van der Waals surface area contributed by atoms with Gasteiger partial charge in [0.2, 0.25) is 0 Å². The number of hydrogen-bond acceptors (Lipinski definition) is 2. The summed E-state index contributed by atoms with van der Waals surface area (Å²) < 4.78 is 13.2. The van der Waals surface area contributed by atoms with Crippen molar-refractivity contribution in [3.63, 3.8) is 0 Å². The third kappa shape index (κ3) is 2.76. The van der Waals surface area contributed by atoms with Gasteiger partial charge < -0.3 is 5.11 Å². The Morgan fingerprint density at radius 3 is 2.53 bits per heavy atom. The van der Waals surface area contributed by atoms with E-state index < -0.39 is 17.8 Å². The van der Waals surface area contributed by atoms with E-state index >= 15 is 0 Å². The number of nitrogens with zero attached hydrogens (tertiary/aromatic N) is 1. The molecule has 1 aromatic carbocycles. The predicted octanol–water partition coefficient (Wildman–Crippen LogP) is 2.28. The lowest BCUT2D eigenvalue weighted by molar-refractivity contribution is -0.142. The summed E-state index contributed by atoms with van der Waals surface area (Å²) in [5.74, 6) is -1.36. The molecule has 1 unspecified atom stereocenters. The fourth-order valence-corrected chi connectivity index (χ4v) is 1.74. The van der Waals surface area contributed by atoms with Crippen LogP contribution in [0.1, 0.15) is 11.6 Å². The van der Waals surface area contributed by atoms with E-state index in [2.05, 4.69) is 15.9 Å². The van der Waals surface area contributed by atoms with Crippen LogP contribution in [0.3, 0.4) is 0 Å². The molecule has 0 amide bonds. The number of hydrogen-bond donors (Lipinski definition) is 1. The molecule has 0 heterocycles. The third-order valence-corrected chi connectivity index (χ3v) is 2.62. The zero-order valence-electron chi connectivity index (χ0n) is 8.37. The normalized spacial score (nSPS) is 12.9. The van der Waals surface area contributed by atoms with Crippen LogP contribution in [-0.4, -0.2) is 30.1 Å². The summed E-state index contributed by atoms with van der Waals surface area (Å²) in [5, 5.41) is 9.01. The SMILES string of the molecule is CN(C)C(C(=O)O)c1ccc(F)c(Br)c1. The number of carboxylic acids is 1. The summed E-state index contributed by atoms with van der Waals surface area (Å²) in [7, 11) is 3.33. The van der Waals surface area contributed by atoms with Crippen LogP contribution in [0.15, 0.2) is 22.7 Å². The van der Waals surface area contributed by atoms with Crippen LogP contribution >= 0.6 is 15.9 Å². The van der Waals surface area contributed by atoms with Crippen LogP contribution in [0.25, 0.3) is 0 Å².